The molecule has 1 aromatic carbocycles. The molecule has 2 aliphatic carbocycles. The maximum Gasteiger partial charge on any atom is 0.274 e. The summed E-state index contributed by atoms with van der Waals surface area (Å²) in [6.45, 7) is 1.21. The fourth-order valence-electron chi connectivity index (χ4n) is 5.81. The Hall–Kier alpha value is -2.38. The third-order valence-electron chi connectivity index (χ3n) is 7.88. The van der Waals surface area contributed by atoms with Crippen molar-refractivity contribution < 1.29 is 9.90 Å². The van der Waals surface area contributed by atoms with Crippen LogP contribution in [0, 0.1) is 11.8 Å². The van der Waals surface area contributed by atoms with E-state index in [4.69, 9.17) is 0 Å². The molecule has 2 aromatic rings. The minimum absolute atomic E-state index is 0.0617. The van der Waals surface area contributed by atoms with Crippen molar-refractivity contribution in [3.8, 4) is 5.75 Å². The molecule has 2 unspecified atom stereocenters. The molecular formula is C29H32N2O3S2. The summed E-state index contributed by atoms with van der Waals surface area (Å²) >= 11 is 3.89. The van der Waals surface area contributed by atoms with Gasteiger partial charge in [-0.05, 0) is 60.7 Å². The average molecular weight is 521 g/mol. The second kappa shape index (κ2) is 10.2. The Morgan fingerprint density at radius 3 is 2.86 bits per heavy atom. The number of fused-ring (bicyclic) bond motifs is 3. The molecule has 3 heterocycles. The molecule has 0 radical (unpaired) electrons. The molecule has 36 heavy (non-hydrogen) atoms. The number of aromatic nitrogens is 1. The van der Waals surface area contributed by atoms with Crippen molar-refractivity contribution in [3.05, 3.63) is 81.8 Å². The number of hydrogen-bond donors (Lipinski definition) is 1. The van der Waals surface area contributed by atoms with E-state index >= 15 is 0 Å². The molecule has 1 saturated carbocycles. The highest BCUT2D eigenvalue weighted by atomic mass is 32.2. The number of allylic oxidation sites excluding steroid dienone is 4. The normalized spacial score (nSPS) is 25.0. The third-order valence-corrected chi connectivity index (χ3v) is 10.4. The molecule has 6 rings (SSSR count). The first kappa shape index (κ1) is 24.0. The average Bonchev–Trinajstić information content (AvgIpc) is 3.73. The van der Waals surface area contributed by atoms with Crippen LogP contribution in [0.2, 0.25) is 0 Å². The number of carbonyl (C=O) groups excluding carboxylic acids is 1. The van der Waals surface area contributed by atoms with Crippen LogP contribution in [0.15, 0.2) is 70.0 Å². The number of benzene rings is 1. The van der Waals surface area contributed by atoms with Crippen LogP contribution < -0.4 is 5.43 Å². The molecule has 1 aromatic heterocycles. The van der Waals surface area contributed by atoms with E-state index in [9.17, 15) is 14.7 Å². The van der Waals surface area contributed by atoms with Gasteiger partial charge in [0, 0.05) is 41.9 Å². The van der Waals surface area contributed by atoms with Gasteiger partial charge in [-0.1, -0.05) is 42.0 Å². The van der Waals surface area contributed by atoms with E-state index in [1.807, 2.05) is 33.0 Å². The standard InChI is InChI=1S/C29H32N2O3S2/c32-24-12-14-31-23(16-30(29(34)27(31)28(24)33)13-5-15-35-17-19-10-11-19)26-21-7-2-1-6-20(21)18-36-25-9-4-3-8-22(25)26/h1-4,7-9,12,14,19-20,23,26,33H,5-6,10-11,13,15-18H2/t20?,23?,26-/m0/s1. The van der Waals surface area contributed by atoms with Gasteiger partial charge in [-0.15, -0.1) is 11.8 Å². The van der Waals surface area contributed by atoms with Crippen LogP contribution in [0.4, 0.5) is 0 Å². The second-order valence-electron chi connectivity index (χ2n) is 10.3. The summed E-state index contributed by atoms with van der Waals surface area (Å²) < 4.78 is 1.89. The first-order valence-electron chi connectivity index (χ1n) is 13.0. The van der Waals surface area contributed by atoms with Gasteiger partial charge in [0.2, 0.25) is 5.43 Å². The van der Waals surface area contributed by atoms with E-state index in [-0.39, 0.29) is 23.6 Å². The summed E-state index contributed by atoms with van der Waals surface area (Å²) in [6, 6.07) is 9.91. The molecule has 188 valence electrons. The number of carbonyl (C=O) groups is 1. The molecule has 3 atom stereocenters. The van der Waals surface area contributed by atoms with Gasteiger partial charge in [-0.3, -0.25) is 9.59 Å². The largest absolute Gasteiger partial charge is 0.503 e. The van der Waals surface area contributed by atoms with Crippen molar-refractivity contribution in [2.75, 3.05) is 30.3 Å². The Morgan fingerprint density at radius 2 is 2.00 bits per heavy atom. The molecule has 0 saturated heterocycles. The van der Waals surface area contributed by atoms with Crippen LogP contribution in [0.1, 0.15) is 53.7 Å². The predicted molar refractivity (Wildman–Crippen MR) is 147 cm³/mol. The van der Waals surface area contributed by atoms with E-state index in [1.165, 1.54) is 40.7 Å². The van der Waals surface area contributed by atoms with Crippen LogP contribution in [0.5, 0.6) is 5.75 Å². The monoisotopic (exact) mass is 520 g/mol. The van der Waals surface area contributed by atoms with Crippen LogP contribution in [0.3, 0.4) is 0 Å². The summed E-state index contributed by atoms with van der Waals surface area (Å²) in [5.41, 5.74) is 2.31. The molecule has 7 heteroatoms. The summed E-state index contributed by atoms with van der Waals surface area (Å²) in [5, 5.41) is 10.8. The lowest BCUT2D eigenvalue weighted by molar-refractivity contribution is 0.0649. The van der Waals surface area contributed by atoms with E-state index in [0.717, 1.165) is 30.3 Å². The Labute approximate surface area is 220 Å². The lowest BCUT2D eigenvalue weighted by atomic mass is 9.76. The SMILES string of the molecule is O=C1c2c(O)c(=O)ccn2C([C@H]2C3=CC=CCC3CSc3ccccc32)CN1CCCSCC1CC1. The van der Waals surface area contributed by atoms with Crippen molar-refractivity contribution in [1.29, 1.82) is 0 Å². The molecular weight excluding hydrogens is 488 g/mol. The summed E-state index contributed by atoms with van der Waals surface area (Å²) in [6.07, 6.45) is 13.0. The highest BCUT2D eigenvalue weighted by Crippen LogP contribution is 2.50. The lowest BCUT2D eigenvalue weighted by Gasteiger charge is -2.42. The summed E-state index contributed by atoms with van der Waals surface area (Å²) in [7, 11) is 0. The second-order valence-corrected chi connectivity index (χ2v) is 12.5. The Bertz CT molecular complexity index is 1280. The maximum absolute atomic E-state index is 13.6. The molecule has 1 amide bonds. The van der Waals surface area contributed by atoms with Crippen LogP contribution in [-0.2, 0) is 0 Å². The summed E-state index contributed by atoms with van der Waals surface area (Å²) in [5.74, 6) is 3.99. The number of rotatable bonds is 7. The van der Waals surface area contributed by atoms with E-state index < -0.39 is 11.2 Å². The molecule has 1 fully saturated rings. The molecule has 4 aliphatic rings. The van der Waals surface area contributed by atoms with Crippen LogP contribution in [-0.4, -0.2) is 50.8 Å². The van der Waals surface area contributed by atoms with Gasteiger partial charge in [0.1, 0.15) is 0 Å². The molecule has 2 aliphatic heterocycles. The fourth-order valence-corrected chi connectivity index (χ4v) is 8.22. The van der Waals surface area contributed by atoms with Gasteiger partial charge in [0.05, 0.1) is 6.04 Å². The molecule has 0 spiro atoms. The number of pyridine rings is 1. The van der Waals surface area contributed by atoms with Crippen molar-refractivity contribution in [1.82, 2.24) is 9.47 Å². The van der Waals surface area contributed by atoms with Crippen LogP contribution in [0.25, 0.3) is 0 Å². The van der Waals surface area contributed by atoms with Gasteiger partial charge < -0.3 is 14.6 Å². The van der Waals surface area contributed by atoms with Gasteiger partial charge in [0.15, 0.2) is 11.4 Å². The highest BCUT2D eigenvalue weighted by Gasteiger charge is 2.42. The topological polar surface area (TPSA) is 62.5 Å². The lowest BCUT2D eigenvalue weighted by Crippen LogP contribution is -2.47. The van der Waals surface area contributed by atoms with E-state index in [1.54, 1.807) is 6.20 Å². The Kier molecular flexibility index (Phi) is 6.78. The minimum Gasteiger partial charge on any atom is -0.503 e. The van der Waals surface area contributed by atoms with Crippen molar-refractivity contribution in [2.45, 2.75) is 42.5 Å². The van der Waals surface area contributed by atoms with Gasteiger partial charge in [-0.25, -0.2) is 0 Å². The fraction of sp³-hybridized carbons (Fsp3) is 0.448. The maximum atomic E-state index is 13.6. The first-order chi connectivity index (χ1) is 17.6. The third kappa shape index (κ3) is 4.56. The van der Waals surface area contributed by atoms with E-state index in [0.29, 0.717) is 19.0 Å². The van der Waals surface area contributed by atoms with Crippen molar-refractivity contribution >= 4 is 29.4 Å². The van der Waals surface area contributed by atoms with Gasteiger partial charge in [-0.2, -0.15) is 11.8 Å². The molecule has 0 bridgehead atoms. The number of nitrogens with zero attached hydrogens (tertiary/aromatic N) is 2. The van der Waals surface area contributed by atoms with Crippen molar-refractivity contribution in [3.63, 3.8) is 0 Å². The smallest absolute Gasteiger partial charge is 0.274 e. The van der Waals surface area contributed by atoms with Crippen LogP contribution >= 0.6 is 23.5 Å². The number of amides is 1. The number of hydrogen-bond acceptors (Lipinski definition) is 5. The Balaban J connectivity index is 1.38. The molecule has 5 nitrogen and oxygen atoms in total. The quantitative estimate of drug-likeness (QED) is 0.490. The predicted octanol–water partition coefficient (Wildman–Crippen LogP) is 5.48. The minimum atomic E-state index is -0.496. The van der Waals surface area contributed by atoms with Gasteiger partial charge in [0.25, 0.3) is 5.91 Å². The summed E-state index contributed by atoms with van der Waals surface area (Å²) in [4.78, 5) is 29.1. The van der Waals surface area contributed by atoms with E-state index in [2.05, 4.69) is 42.5 Å². The zero-order valence-corrected chi connectivity index (χ0v) is 22.0. The van der Waals surface area contributed by atoms with Gasteiger partial charge >= 0.3 is 0 Å². The zero-order valence-electron chi connectivity index (χ0n) is 20.3. The first-order valence-corrected chi connectivity index (χ1v) is 15.2. The van der Waals surface area contributed by atoms with Crippen molar-refractivity contribution in [2.24, 2.45) is 11.8 Å². The highest BCUT2D eigenvalue weighted by molar-refractivity contribution is 7.99. The zero-order chi connectivity index (χ0) is 24.6. The Morgan fingerprint density at radius 1 is 1.14 bits per heavy atom. The number of thioether (sulfide) groups is 2. The number of aromatic hydroxyl groups is 1. The molecule has 1 N–H and O–H groups in total.